The fourth-order valence-corrected chi connectivity index (χ4v) is 1.14. The van der Waals surface area contributed by atoms with Gasteiger partial charge in [0.1, 0.15) is 4.92 Å². The van der Waals surface area contributed by atoms with Crippen LogP contribution in [0.4, 0.5) is 5.88 Å². The first-order valence-corrected chi connectivity index (χ1v) is 4.06. The number of nitrogens with zero attached hydrogens (tertiary/aromatic N) is 1. The Morgan fingerprint density at radius 2 is 2.36 bits per heavy atom. The van der Waals surface area contributed by atoms with E-state index in [0.717, 1.165) is 6.07 Å². The standard InChI is InChI=1S/C8H9NO5/c1-2-3-5-4-6(9(12)13)14-7(5)8(10)11/h4H,2-3H2,1H3,(H,10,11). The number of hydrogen-bond donors (Lipinski definition) is 1. The van der Waals surface area contributed by atoms with Crippen LogP contribution < -0.4 is 0 Å². The van der Waals surface area contributed by atoms with E-state index in [-0.39, 0.29) is 5.76 Å². The number of furan rings is 1. The molecule has 76 valence electrons. The Morgan fingerprint density at radius 1 is 1.71 bits per heavy atom. The zero-order valence-corrected chi connectivity index (χ0v) is 7.52. The van der Waals surface area contributed by atoms with Crippen molar-refractivity contribution < 1.29 is 19.2 Å². The van der Waals surface area contributed by atoms with Crippen molar-refractivity contribution in [3.63, 3.8) is 0 Å². The molecule has 0 fully saturated rings. The zero-order chi connectivity index (χ0) is 10.7. The van der Waals surface area contributed by atoms with Crippen LogP contribution in [0.15, 0.2) is 10.5 Å². The molecule has 6 heteroatoms. The lowest BCUT2D eigenvalue weighted by molar-refractivity contribution is -0.402. The SMILES string of the molecule is CCCc1cc([N+](=O)[O-])oc1C(=O)O. The van der Waals surface area contributed by atoms with Crippen LogP contribution in [0.1, 0.15) is 29.5 Å². The van der Waals surface area contributed by atoms with Crippen molar-refractivity contribution >= 4 is 11.9 Å². The Kier molecular flexibility index (Phi) is 2.85. The highest BCUT2D eigenvalue weighted by Gasteiger charge is 2.22. The summed E-state index contributed by atoms with van der Waals surface area (Å²) < 4.78 is 4.59. The summed E-state index contributed by atoms with van der Waals surface area (Å²) in [5.41, 5.74) is 0.367. The van der Waals surface area contributed by atoms with Gasteiger partial charge < -0.3 is 9.52 Å². The molecule has 1 N–H and O–H groups in total. The van der Waals surface area contributed by atoms with Crippen molar-refractivity contribution in [1.29, 1.82) is 0 Å². The normalized spacial score (nSPS) is 10.1. The minimum atomic E-state index is -1.28. The molecule has 0 unspecified atom stereocenters. The van der Waals surface area contributed by atoms with E-state index in [0.29, 0.717) is 18.4 Å². The fourth-order valence-electron chi connectivity index (χ4n) is 1.14. The highest BCUT2D eigenvalue weighted by molar-refractivity contribution is 5.86. The van der Waals surface area contributed by atoms with Crippen molar-refractivity contribution in [2.24, 2.45) is 0 Å². The van der Waals surface area contributed by atoms with E-state index < -0.39 is 16.8 Å². The quantitative estimate of drug-likeness (QED) is 0.589. The van der Waals surface area contributed by atoms with Crippen LogP contribution in [-0.4, -0.2) is 16.0 Å². The van der Waals surface area contributed by atoms with Gasteiger partial charge in [0.15, 0.2) is 0 Å². The molecule has 6 nitrogen and oxygen atoms in total. The summed E-state index contributed by atoms with van der Waals surface area (Å²) in [7, 11) is 0. The number of carboxylic acids is 1. The largest absolute Gasteiger partial charge is 0.475 e. The van der Waals surface area contributed by atoms with Crippen molar-refractivity contribution in [1.82, 2.24) is 0 Å². The number of rotatable bonds is 4. The van der Waals surface area contributed by atoms with Gasteiger partial charge in [-0.3, -0.25) is 10.1 Å². The molecule has 0 amide bonds. The van der Waals surface area contributed by atoms with E-state index in [1.54, 1.807) is 0 Å². The van der Waals surface area contributed by atoms with Gasteiger partial charge in [-0.1, -0.05) is 13.3 Å². The minimum absolute atomic E-state index is 0.335. The summed E-state index contributed by atoms with van der Waals surface area (Å²) in [6.45, 7) is 1.85. The molecular formula is C8H9NO5. The van der Waals surface area contributed by atoms with Gasteiger partial charge in [-0.2, -0.15) is 0 Å². The van der Waals surface area contributed by atoms with Gasteiger partial charge in [0.2, 0.25) is 5.76 Å². The Hall–Kier alpha value is -1.85. The van der Waals surface area contributed by atoms with Gasteiger partial charge in [-0.05, 0) is 6.42 Å². The number of carbonyl (C=O) groups is 1. The first-order valence-electron chi connectivity index (χ1n) is 4.06. The van der Waals surface area contributed by atoms with Crippen LogP contribution in [0.25, 0.3) is 0 Å². The summed E-state index contributed by atoms with van der Waals surface area (Å²) in [4.78, 5) is 20.2. The van der Waals surface area contributed by atoms with E-state index in [1.165, 1.54) is 0 Å². The maximum atomic E-state index is 10.6. The van der Waals surface area contributed by atoms with E-state index in [4.69, 9.17) is 5.11 Å². The number of aryl methyl sites for hydroxylation is 1. The Labute approximate surface area is 79.3 Å². The average molecular weight is 199 g/mol. The van der Waals surface area contributed by atoms with Crippen LogP contribution in [0.3, 0.4) is 0 Å². The summed E-state index contributed by atoms with van der Waals surface area (Å²) >= 11 is 0. The first kappa shape index (κ1) is 10.2. The molecule has 1 aromatic heterocycles. The number of carboxylic acid groups (broad SMARTS) is 1. The van der Waals surface area contributed by atoms with E-state index in [1.807, 2.05) is 6.92 Å². The van der Waals surface area contributed by atoms with Crippen LogP contribution >= 0.6 is 0 Å². The molecule has 14 heavy (non-hydrogen) atoms. The molecule has 0 aliphatic heterocycles. The lowest BCUT2D eigenvalue weighted by atomic mass is 10.1. The Balaban J connectivity index is 3.12. The molecule has 0 atom stereocenters. The minimum Gasteiger partial charge on any atom is -0.475 e. The first-order chi connectivity index (χ1) is 6.56. The van der Waals surface area contributed by atoms with Crippen LogP contribution in [0.5, 0.6) is 0 Å². The second-order valence-electron chi connectivity index (χ2n) is 2.75. The molecule has 0 aliphatic carbocycles. The second-order valence-corrected chi connectivity index (χ2v) is 2.75. The predicted octanol–water partition coefficient (Wildman–Crippen LogP) is 1.84. The topological polar surface area (TPSA) is 93.6 Å². The van der Waals surface area contributed by atoms with Gasteiger partial charge in [-0.25, -0.2) is 4.79 Å². The van der Waals surface area contributed by atoms with Gasteiger partial charge in [0.25, 0.3) is 0 Å². The fraction of sp³-hybridized carbons (Fsp3) is 0.375. The van der Waals surface area contributed by atoms with E-state index in [9.17, 15) is 14.9 Å². The number of aromatic carboxylic acids is 1. The van der Waals surface area contributed by atoms with Crippen molar-refractivity contribution in [2.75, 3.05) is 0 Å². The highest BCUT2D eigenvalue weighted by Crippen LogP contribution is 2.22. The number of nitro groups is 1. The lowest BCUT2D eigenvalue weighted by Gasteiger charge is -1.92. The molecule has 1 aromatic rings. The molecule has 0 spiro atoms. The summed E-state index contributed by atoms with van der Waals surface area (Å²) in [6.07, 6.45) is 1.16. The third-order valence-corrected chi connectivity index (χ3v) is 1.69. The molecule has 0 aliphatic rings. The average Bonchev–Trinajstić information content (AvgIpc) is 2.49. The van der Waals surface area contributed by atoms with Crippen molar-refractivity contribution in [2.45, 2.75) is 19.8 Å². The van der Waals surface area contributed by atoms with Crippen LogP contribution in [-0.2, 0) is 6.42 Å². The monoisotopic (exact) mass is 199 g/mol. The molecular weight excluding hydrogens is 190 g/mol. The van der Waals surface area contributed by atoms with E-state index >= 15 is 0 Å². The van der Waals surface area contributed by atoms with Crippen molar-refractivity contribution in [3.05, 3.63) is 27.5 Å². The highest BCUT2D eigenvalue weighted by atomic mass is 16.6. The third-order valence-electron chi connectivity index (χ3n) is 1.69. The molecule has 0 bridgehead atoms. The van der Waals surface area contributed by atoms with Gasteiger partial charge in [0, 0.05) is 5.56 Å². The maximum absolute atomic E-state index is 10.6. The molecule has 0 aromatic carbocycles. The molecule has 0 saturated heterocycles. The summed E-state index contributed by atoms with van der Waals surface area (Å²) in [5.74, 6) is -2.13. The number of hydrogen-bond acceptors (Lipinski definition) is 4. The van der Waals surface area contributed by atoms with Crippen LogP contribution in [0, 0.1) is 10.1 Å². The van der Waals surface area contributed by atoms with Gasteiger partial charge in [-0.15, -0.1) is 0 Å². The van der Waals surface area contributed by atoms with Gasteiger partial charge >= 0.3 is 11.9 Å². The summed E-state index contributed by atoms with van der Waals surface area (Å²) in [6, 6.07) is 1.16. The Morgan fingerprint density at radius 3 is 2.79 bits per heavy atom. The molecule has 0 radical (unpaired) electrons. The second kappa shape index (κ2) is 3.91. The predicted molar refractivity (Wildman–Crippen MR) is 46.3 cm³/mol. The Bertz CT molecular complexity index is 368. The summed E-state index contributed by atoms with van der Waals surface area (Å²) in [5, 5.41) is 19.0. The lowest BCUT2D eigenvalue weighted by Crippen LogP contribution is -1.98. The van der Waals surface area contributed by atoms with Gasteiger partial charge in [0.05, 0.1) is 6.07 Å². The molecule has 0 saturated carbocycles. The third kappa shape index (κ3) is 1.90. The van der Waals surface area contributed by atoms with Crippen molar-refractivity contribution in [3.8, 4) is 0 Å². The zero-order valence-electron chi connectivity index (χ0n) is 7.52. The molecule has 1 heterocycles. The van der Waals surface area contributed by atoms with E-state index in [2.05, 4.69) is 4.42 Å². The smallest absolute Gasteiger partial charge is 0.434 e. The molecule has 1 rings (SSSR count). The maximum Gasteiger partial charge on any atom is 0.434 e. The van der Waals surface area contributed by atoms with Crippen LogP contribution in [0.2, 0.25) is 0 Å².